The molecule has 0 aromatic carbocycles. The van der Waals surface area contributed by atoms with Gasteiger partial charge >= 0.3 is 0 Å². The Balaban J connectivity index is 1.83. The number of hydrogen-bond donors (Lipinski definition) is 0. The number of fused-ring (bicyclic) bond motifs is 1. The Bertz CT molecular complexity index is 645. The Morgan fingerprint density at radius 1 is 1.36 bits per heavy atom. The van der Waals surface area contributed by atoms with Crippen molar-refractivity contribution in [3.8, 4) is 0 Å². The summed E-state index contributed by atoms with van der Waals surface area (Å²) in [5.74, 6) is 1.07. The Hall–Kier alpha value is -1.92. The molecule has 0 saturated carbocycles. The maximum atomic E-state index is 5.76. The molecule has 22 heavy (non-hydrogen) atoms. The summed E-state index contributed by atoms with van der Waals surface area (Å²) in [7, 11) is 4.08. The van der Waals surface area contributed by atoms with E-state index in [-0.39, 0.29) is 6.04 Å². The van der Waals surface area contributed by atoms with E-state index in [4.69, 9.17) is 4.74 Å². The lowest BCUT2D eigenvalue weighted by Crippen LogP contribution is -2.39. The van der Waals surface area contributed by atoms with Gasteiger partial charge in [0.05, 0.1) is 43.5 Å². The Kier molecular flexibility index (Phi) is 4.40. The Morgan fingerprint density at radius 2 is 2.23 bits per heavy atom. The first kappa shape index (κ1) is 15.0. The molecule has 0 N–H and O–H groups in total. The molecule has 3 rings (SSSR count). The monoisotopic (exact) mass is 301 g/mol. The normalized spacial score (nSPS) is 18.4. The highest BCUT2D eigenvalue weighted by Crippen LogP contribution is 2.30. The molecule has 2 aromatic rings. The zero-order valence-electron chi connectivity index (χ0n) is 13.3. The molecule has 0 radical (unpaired) electrons. The van der Waals surface area contributed by atoms with Crippen molar-refractivity contribution in [3.63, 3.8) is 0 Å². The van der Waals surface area contributed by atoms with Crippen LogP contribution >= 0.6 is 0 Å². The third-order valence-electron chi connectivity index (χ3n) is 4.23. The van der Waals surface area contributed by atoms with Gasteiger partial charge in [0.2, 0.25) is 0 Å². The van der Waals surface area contributed by atoms with E-state index in [2.05, 4.69) is 37.6 Å². The maximum Gasteiger partial charge on any atom is 0.122 e. The van der Waals surface area contributed by atoms with Gasteiger partial charge in [-0.2, -0.15) is 0 Å². The third kappa shape index (κ3) is 2.84. The van der Waals surface area contributed by atoms with Gasteiger partial charge in [0.1, 0.15) is 5.82 Å². The molecule has 118 valence electrons. The predicted molar refractivity (Wildman–Crippen MR) is 84.3 cm³/mol. The van der Waals surface area contributed by atoms with Crippen molar-refractivity contribution in [2.75, 3.05) is 19.8 Å². The van der Waals surface area contributed by atoms with E-state index in [0.717, 1.165) is 25.3 Å². The molecule has 0 amide bonds. The van der Waals surface area contributed by atoms with Gasteiger partial charge in [-0.3, -0.25) is 4.90 Å². The number of aryl methyl sites for hydroxylation is 2. The molecule has 2 aromatic heterocycles. The fourth-order valence-electron chi connectivity index (χ4n) is 3.05. The standard InChI is InChI=1S/C16H23N5O/c1-4-9-22-11-14-16-13(18-12-20(16)3)5-7-21(14)10-15-17-6-8-19(15)2/h4,6,8,12,14H,1,5,7,9-11H2,2-3H3. The van der Waals surface area contributed by atoms with Crippen molar-refractivity contribution in [2.45, 2.75) is 19.0 Å². The second-order valence-electron chi connectivity index (χ2n) is 5.70. The largest absolute Gasteiger partial charge is 0.375 e. The Morgan fingerprint density at radius 3 is 2.95 bits per heavy atom. The molecule has 1 atom stereocenters. The van der Waals surface area contributed by atoms with E-state index in [1.54, 1.807) is 6.08 Å². The summed E-state index contributed by atoms with van der Waals surface area (Å²) in [5.41, 5.74) is 2.44. The van der Waals surface area contributed by atoms with Crippen molar-refractivity contribution >= 4 is 0 Å². The van der Waals surface area contributed by atoms with Gasteiger partial charge in [-0.05, 0) is 0 Å². The zero-order valence-corrected chi connectivity index (χ0v) is 13.3. The van der Waals surface area contributed by atoms with E-state index >= 15 is 0 Å². The smallest absolute Gasteiger partial charge is 0.122 e. The van der Waals surface area contributed by atoms with Crippen LogP contribution in [0.5, 0.6) is 0 Å². The SMILES string of the molecule is C=CCOCC1c2c(ncn2C)CCN1Cc1nccn1C. The van der Waals surface area contributed by atoms with Crippen molar-refractivity contribution in [1.29, 1.82) is 0 Å². The number of aromatic nitrogens is 4. The first-order valence-electron chi connectivity index (χ1n) is 7.59. The van der Waals surface area contributed by atoms with Crippen LogP contribution in [0.3, 0.4) is 0 Å². The average Bonchev–Trinajstić information content (AvgIpc) is 3.08. The number of imidazole rings is 2. The van der Waals surface area contributed by atoms with Crippen LogP contribution in [-0.4, -0.2) is 43.8 Å². The van der Waals surface area contributed by atoms with Crippen molar-refractivity contribution in [1.82, 2.24) is 24.0 Å². The molecule has 0 fully saturated rings. The predicted octanol–water partition coefficient (Wildman–Crippen LogP) is 1.46. The number of ether oxygens (including phenoxy) is 1. The summed E-state index contributed by atoms with van der Waals surface area (Å²) in [4.78, 5) is 11.4. The molecule has 0 saturated heterocycles. The third-order valence-corrected chi connectivity index (χ3v) is 4.23. The average molecular weight is 301 g/mol. The van der Waals surface area contributed by atoms with Crippen LogP contribution in [-0.2, 0) is 31.8 Å². The summed E-state index contributed by atoms with van der Waals surface area (Å²) in [6, 6.07) is 0.202. The van der Waals surface area contributed by atoms with Crippen LogP contribution in [0.25, 0.3) is 0 Å². The summed E-state index contributed by atoms with van der Waals surface area (Å²) in [6.07, 6.45) is 8.49. The lowest BCUT2D eigenvalue weighted by Gasteiger charge is -2.35. The molecule has 3 heterocycles. The van der Waals surface area contributed by atoms with Crippen molar-refractivity contribution < 1.29 is 4.74 Å². The summed E-state index contributed by atoms with van der Waals surface area (Å²) in [6.45, 7) is 6.72. The Labute approximate surface area is 131 Å². The quantitative estimate of drug-likeness (QED) is 0.598. The van der Waals surface area contributed by atoms with Gasteiger partial charge < -0.3 is 13.9 Å². The number of hydrogen-bond acceptors (Lipinski definition) is 4. The van der Waals surface area contributed by atoms with Crippen LogP contribution in [0.15, 0.2) is 31.4 Å². The van der Waals surface area contributed by atoms with Gasteiger partial charge in [-0.25, -0.2) is 9.97 Å². The molecule has 0 spiro atoms. The van der Waals surface area contributed by atoms with Gasteiger partial charge in [-0.1, -0.05) is 6.08 Å². The van der Waals surface area contributed by atoms with Crippen molar-refractivity contribution in [2.24, 2.45) is 14.1 Å². The highest BCUT2D eigenvalue weighted by molar-refractivity contribution is 5.21. The summed E-state index contributed by atoms with van der Waals surface area (Å²) >= 11 is 0. The van der Waals surface area contributed by atoms with E-state index < -0.39 is 0 Å². The summed E-state index contributed by atoms with van der Waals surface area (Å²) < 4.78 is 9.94. The molecule has 6 heteroatoms. The van der Waals surface area contributed by atoms with E-state index in [0.29, 0.717) is 13.2 Å². The molecule has 1 aliphatic rings. The maximum absolute atomic E-state index is 5.76. The van der Waals surface area contributed by atoms with E-state index in [1.165, 1.54) is 11.4 Å². The summed E-state index contributed by atoms with van der Waals surface area (Å²) in [5, 5.41) is 0. The number of rotatable bonds is 6. The second kappa shape index (κ2) is 6.46. The van der Waals surface area contributed by atoms with Gasteiger partial charge in [-0.15, -0.1) is 6.58 Å². The molecule has 1 unspecified atom stereocenters. The van der Waals surface area contributed by atoms with Crippen LogP contribution in [0.2, 0.25) is 0 Å². The first-order valence-corrected chi connectivity index (χ1v) is 7.59. The minimum Gasteiger partial charge on any atom is -0.375 e. The molecule has 1 aliphatic heterocycles. The lowest BCUT2D eigenvalue weighted by atomic mass is 10.0. The van der Waals surface area contributed by atoms with Crippen LogP contribution in [0, 0.1) is 0 Å². The molecule has 0 aliphatic carbocycles. The fraction of sp³-hybridized carbons (Fsp3) is 0.500. The fourth-order valence-corrected chi connectivity index (χ4v) is 3.05. The zero-order chi connectivity index (χ0) is 15.5. The molecular weight excluding hydrogens is 278 g/mol. The highest BCUT2D eigenvalue weighted by Gasteiger charge is 2.31. The topological polar surface area (TPSA) is 48.1 Å². The minimum atomic E-state index is 0.202. The second-order valence-corrected chi connectivity index (χ2v) is 5.70. The lowest BCUT2D eigenvalue weighted by molar-refractivity contribution is 0.0567. The van der Waals surface area contributed by atoms with Gasteiger partial charge in [0, 0.05) is 39.5 Å². The van der Waals surface area contributed by atoms with Crippen LogP contribution in [0.1, 0.15) is 23.3 Å². The van der Waals surface area contributed by atoms with Crippen molar-refractivity contribution in [3.05, 3.63) is 48.6 Å². The minimum absolute atomic E-state index is 0.202. The molecule has 6 nitrogen and oxygen atoms in total. The molecular formula is C16H23N5O. The first-order chi connectivity index (χ1) is 10.7. The van der Waals surface area contributed by atoms with Crippen LogP contribution < -0.4 is 0 Å². The number of nitrogens with zero attached hydrogens (tertiary/aromatic N) is 5. The van der Waals surface area contributed by atoms with E-state index in [9.17, 15) is 0 Å². The van der Waals surface area contributed by atoms with Gasteiger partial charge in [0.25, 0.3) is 0 Å². The highest BCUT2D eigenvalue weighted by atomic mass is 16.5. The molecule has 0 bridgehead atoms. The van der Waals surface area contributed by atoms with E-state index in [1.807, 2.05) is 25.8 Å². The van der Waals surface area contributed by atoms with Crippen LogP contribution in [0.4, 0.5) is 0 Å². The van der Waals surface area contributed by atoms with Gasteiger partial charge in [0.15, 0.2) is 0 Å².